The number of fused-ring (bicyclic) bond motifs is 4. The minimum absolute atomic E-state index is 0.276. The van der Waals surface area contributed by atoms with Crippen LogP contribution in [-0.2, 0) is 9.59 Å². The Hall–Kier alpha value is -0.920. The summed E-state index contributed by atoms with van der Waals surface area (Å²) in [6, 6.07) is 0. The highest BCUT2D eigenvalue weighted by Crippen LogP contribution is 2.59. The Bertz CT molecular complexity index is 516. The third-order valence-corrected chi connectivity index (χ3v) is 6.89. The maximum absolute atomic E-state index is 12.0. The van der Waals surface area contributed by atoms with E-state index in [1.807, 2.05) is 0 Å². The highest BCUT2D eigenvalue weighted by atomic mass is 16.1. The molecule has 0 unspecified atom stereocenters. The maximum Gasteiger partial charge on any atom is 0.136 e. The first-order valence-electron chi connectivity index (χ1n) is 8.36. The summed E-state index contributed by atoms with van der Waals surface area (Å²) in [6.45, 7) is 2.41. The Morgan fingerprint density at radius 2 is 1.75 bits per heavy atom. The molecule has 0 aromatic carbocycles. The van der Waals surface area contributed by atoms with E-state index in [4.69, 9.17) is 0 Å². The predicted molar refractivity (Wildman–Crippen MR) is 77.2 cm³/mol. The van der Waals surface area contributed by atoms with Crippen LogP contribution in [0.5, 0.6) is 0 Å². The maximum atomic E-state index is 12.0. The number of carbonyl (C=O) groups excluding carboxylic acids is 2. The van der Waals surface area contributed by atoms with E-state index >= 15 is 0 Å². The minimum Gasteiger partial charge on any atom is -0.300 e. The van der Waals surface area contributed by atoms with Crippen LogP contribution in [0.25, 0.3) is 0 Å². The van der Waals surface area contributed by atoms with Crippen molar-refractivity contribution >= 4 is 11.6 Å². The average molecular weight is 272 g/mol. The first-order chi connectivity index (χ1) is 9.59. The minimum atomic E-state index is 0.276. The first-order valence-corrected chi connectivity index (χ1v) is 8.36. The molecule has 0 heterocycles. The van der Waals surface area contributed by atoms with Gasteiger partial charge in [0.1, 0.15) is 11.6 Å². The Kier molecular flexibility index (Phi) is 2.74. The molecule has 2 saturated carbocycles. The normalized spacial score (nSPS) is 44.1. The van der Waals surface area contributed by atoms with E-state index < -0.39 is 0 Å². The van der Waals surface area contributed by atoms with Gasteiger partial charge in [0.25, 0.3) is 0 Å². The summed E-state index contributed by atoms with van der Waals surface area (Å²) in [5, 5.41) is 0. The second-order valence-corrected chi connectivity index (χ2v) is 7.66. The summed E-state index contributed by atoms with van der Waals surface area (Å²) in [4.78, 5) is 23.8. The van der Waals surface area contributed by atoms with Crippen molar-refractivity contribution in [3.63, 3.8) is 0 Å². The van der Waals surface area contributed by atoms with E-state index in [9.17, 15) is 9.59 Å². The third kappa shape index (κ3) is 1.63. The van der Waals surface area contributed by atoms with Gasteiger partial charge in [-0.2, -0.15) is 0 Å². The Morgan fingerprint density at radius 1 is 0.950 bits per heavy atom. The van der Waals surface area contributed by atoms with Crippen molar-refractivity contribution in [3.8, 4) is 0 Å². The number of carbonyl (C=O) groups is 2. The van der Waals surface area contributed by atoms with Crippen LogP contribution in [0, 0.1) is 23.2 Å². The number of allylic oxidation sites excluding steroid dienone is 2. The Labute approximate surface area is 121 Å². The quantitative estimate of drug-likeness (QED) is 0.628. The molecule has 2 fully saturated rings. The molecule has 4 aliphatic carbocycles. The van der Waals surface area contributed by atoms with Gasteiger partial charge in [-0.15, -0.1) is 0 Å². The van der Waals surface area contributed by atoms with Crippen LogP contribution < -0.4 is 0 Å². The summed E-state index contributed by atoms with van der Waals surface area (Å²) in [5.41, 5.74) is 3.61. The van der Waals surface area contributed by atoms with E-state index in [1.165, 1.54) is 6.42 Å². The van der Waals surface area contributed by atoms with Crippen molar-refractivity contribution < 1.29 is 9.59 Å². The largest absolute Gasteiger partial charge is 0.300 e. The van der Waals surface area contributed by atoms with Crippen molar-refractivity contribution in [2.45, 2.75) is 64.7 Å². The molecule has 2 heteroatoms. The molecule has 2 nitrogen and oxygen atoms in total. The number of hydrogen-bond acceptors (Lipinski definition) is 2. The van der Waals surface area contributed by atoms with E-state index in [2.05, 4.69) is 6.92 Å². The molecular weight excluding hydrogens is 248 g/mol. The molecule has 0 aromatic heterocycles. The number of rotatable bonds is 0. The molecule has 4 rings (SSSR count). The van der Waals surface area contributed by atoms with Crippen molar-refractivity contribution in [3.05, 3.63) is 11.1 Å². The van der Waals surface area contributed by atoms with Gasteiger partial charge < -0.3 is 0 Å². The van der Waals surface area contributed by atoms with Crippen molar-refractivity contribution in [2.24, 2.45) is 23.2 Å². The fraction of sp³-hybridized carbons (Fsp3) is 0.778. The van der Waals surface area contributed by atoms with Gasteiger partial charge in [0.2, 0.25) is 0 Å². The summed E-state index contributed by atoms with van der Waals surface area (Å²) < 4.78 is 0. The van der Waals surface area contributed by atoms with Crippen LogP contribution in [-0.4, -0.2) is 11.6 Å². The van der Waals surface area contributed by atoms with Gasteiger partial charge in [0, 0.05) is 25.2 Å². The predicted octanol–water partition coefficient (Wildman–Crippen LogP) is 3.84. The molecule has 20 heavy (non-hydrogen) atoms. The lowest BCUT2D eigenvalue weighted by molar-refractivity contribution is -0.124. The fourth-order valence-corrected chi connectivity index (χ4v) is 5.71. The summed E-state index contributed by atoms with van der Waals surface area (Å²) in [7, 11) is 0. The molecule has 0 N–H and O–H groups in total. The second-order valence-electron chi connectivity index (χ2n) is 7.66. The molecule has 4 aliphatic rings. The summed E-state index contributed by atoms with van der Waals surface area (Å²) in [6.07, 6.45) is 9.10. The van der Waals surface area contributed by atoms with Crippen molar-refractivity contribution in [2.75, 3.05) is 0 Å². The van der Waals surface area contributed by atoms with E-state index in [-0.39, 0.29) is 5.41 Å². The zero-order chi connectivity index (χ0) is 13.9. The molecule has 0 saturated heterocycles. The standard InChI is InChI=1S/C18H24O2/c1-18-9-8-12(19)10-11(18)2-3-14-13-5-7-17(20)15(13)4-6-16(14)18/h11,13,15H,2-10H2,1H3/t11-,13+,15+,18+/m0/s1. The van der Waals surface area contributed by atoms with Gasteiger partial charge in [0.05, 0.1) is 0 Å². The molecular formula is C18H24O2. The fourth-order valence-electron chi connectivity index (χ4n) is 5.71. The highest BCUT2D eigenvalue weighted by molar-refractivity contribution is 5.84. The Balaban J connectivity index is 1.73. The number of ketones is 2. The van der Waals surface area contributed by atoms with Crippen LogP contribution in [0.3, 0.4) is 0 Å². The molecule has 0 aromatic rings. The van der Waals surface area contributed by atoms with Gasteiger partial charge in [0.15, 0.2) is 0 Å². The van der Waals surface area contributed by atoms with Gasteiger partial charge in [-0.05, 0) is 55.8 Å². The molecule has 0 radical (unpaired) electrons. The first kappa shape index (κ1) is 12.8. The molecule has 108 valence electrons. The highest BCUT2D eigenvalue weighted by Gasteiger charge is 2.50. The van der Waals surface area contributed by atoms with Crippen LogP contribution in [0.2, 0.25) is 0 Å². The van der Waals surface area contributed by atoms with Crippen LogP contribution in [0.4, 0.5) is 0 Å². The van der Waals surface area contributed by atoms with Crippen LogP contribution >= 0.6 is 0 Å². The van der Waals surface area contributed by atoms with Gasteiger partial charge in [-0.3, -0.25) is 9.59 Å². The smallest absolute Gasteiger partial charge is 0.136 e. The lowest BCUT2D eigenvalue weighted by Gasteiger charge is -2.50. The summed E-state index contributed by atoms with van der Waals surface area (Å²) in [5.74, 6) is 2.49. The van der Waals surface area contributed by atoms with Gasteiger partial charge in [-0.25, -0.2) is 0 Å². The summed E-state index contributed by atoms with van der Waals surface area (Å²) >= 11 is 0. The third-order valence-electron chi connectivity index (χ3n) is 6.89. The van der Waals surface area contributed by atoms with E-state index in [0.717, 1.165) is 51.4 Å². The van der Waals surface area contributed by atoms with E-state index in [1.54, 1.807) is 11.1 Å². The molecule has 0 amide bonds. The number of hydrogen-bond donors (Lipinski definition) is 0. The topological polar surface area (TPSA) is 34.1 Å². The van der Waals surface area contributed by atoms with E-state index in [0.29, 0.717) is 29.3 Å². The zero-order valence-electron chi connectivity index (χ0n) is 12.4. The number of Topliss-reactive ketones (excluding diaryl/α,β-unsaturated/α-hetero) is 2. The molecule has 0 bridgehead atoms. The average Bonchev–Trinajstić information content (AvgIpc) is 2.82. The Morgan fingerprint density at radius 3 is 2.60 bits per heavy atom. The molecule has 0 spiro atoms. The van der Waals surface area contributed by atoms with Gasteiger partial charge in [-0.1, -0.05) is 18.1 Å². The lowest BCUT2D eigenvalue weighted by Crippen LogP contribution is -2.42. The van der Waals surface area contributed by atoms with Crippen molar-refractivity contribution in [1.82, 2.24) is 0 Å². The van der Waals surface area contributed by atoms with Crippen LogP contribution in [0.1, 0.15) is 64.7 Å². The monoisotopic (exact) mass is 272 g/mol. The van der Waals surface area contributed by atoms with Crippen LogP contribution in [0.15, 0.2) is 11.1 Å². The molecule has 4 atom stereocenters. The SMILES string of the molecule is C[C@@]12CCC(=O)C[C@@H]1CCC1=C2CC[C@H]2C(=O)CC[C@H]12. The van der Waals surface area contributed by atoms with Crippen molar-refractivity contribution in [1.29, 1.82) is 0 Å². The second kappa shape index (κ2) is 4.29. The zero-order valence-corrected chi connectivity index (χ0v) is 12.4. The molecule has 0 aliphatic heterocycles. The van der Waals surface area contributed by atoms with Gasteiger partial charge >= 0.3 is 0 Å². The lowest BCUT2D eigenvalue weighted by atomic mass is 9.54.